The van der Waals surface area contributed by atoms with Crippen molar-refractivity contribution >= 4 is 20.0 Å². The minimum atomic E-state index is -1.55. The fourth-order valence-electron chi connectivity index (χ4n) is 2.18. The average molecular weight is 237 g/mol. The summed E-state index contributed by atoms with van der Waals surface area (Å²) < 4.78 is 5.12. The summed E-state index contributed by atoms with van der Waals surface area (Å²) in [4.78, 5) is 0. The van der Waals surface area contributed by atoms with E-state index in [2.05, 4.69) is 43.4 Å². The average Bonchev–Trinajstić information content (AvgIpc) is 2.21. The molecule has 4 heteroatoms. The third-order valence-corrected chi connectivity index (χ3v) is 9.16. The van der Waals surface area contributed by atoms with Crippen LogP contribution in [-0.4, -0.2) is 49.2 Å². The summed E-state index contributed by atoms with van der Waals surface area (Å²) in [5.74, 6) is 0. The van der Waals surface area contributed by atoms with Crippen molar-refractivity contribution in [3.63, 3.8) is 0 Å². The Hall–Kier alpha value is 0.427. The van der Waals surface area contributed by atoms with Gasteiger partial charge in [0.15, 0.2) is 0 Å². The molecule has 0 rings (SSSR count). The minimum Gasteiger partial charge on any atom is -0.311 e. The maximum absolute atomic E-state index is 6.19. The molecule has 0 aliphatic heterocycles. The first-order valence-corrected chi connectivity index (χ1v) is 8.80. The van der Waals surface area contributed by atoms with Gasteiger partial charge in [-0.1, -0.05) is 27.7 Å². The van der Waals surface area contributed by atoms with Crippen molar-refractivity contribution in [1.82, 2.24) is 9.13 Å². The molecule has 0 aliphatic rings. The summed E-state index contributed by atoms with van der Waals surface area (Å²) in [6.45, 7) is 15.7. The Morgan fingerprint density at radius 1 is 0.857 bits per heavy atom. The van der Waals surface area contributed by atoms with Crippen LogP contribution in [0.4, 0.5) is 0 Å². The second-order valence-electron chi connectivity index (χ2n) is 3.70. The first-order chi connectivity index (χ1) is 6.60. The molecule has 0 atom stereocenters. The quantitative estimate of drug-likeness (QED) is 0.495. The van der Waals surface area contributed by atoms with Crippen LogP contribution in [-0.2, 0) is 0 Å². The molecular weight excluding hydrogens is 212 g/mol. The van der Waals surface area contributed by atoms with Crippen LogP contribution in [0.15, 0.2) is 0 Å². The van der Waals surface area contributed by atoms with Crippen LogP contribution in [0.3, 0.4) is 0 Å². The van der Waals surface area contributed by atoms with Gasteiger partial charge in [0.05, 0.1) is 0 Å². The summed E-state index contributed by atoms with van der Waals surface area (Å²) in [7, 11) is -1.55. The van der Waals surface area contributed by atoms with Gasteiger partial charge in [0, 0.05) is 5.50 Å². The van der Waals surface area contributed by atoms with Gasteiger partial charge in [-0.15, -0.1) is 11.6 Å². The van der Waals surface area contributed by atoms with E-state index in [0.29, 0.717) is 0 Å². The highest BCUT2D eigenvalue weighted by atomic mass is 35.5. The summed E-state index contributed by atoms with van der Waals surface area (Å²) in [5.41, 5.74) is 0.802. The van der Waals surface area contributed by atoms with Gasteiger partial charge in [-0.3, -0.25) is 0 Å². The largest absolute Gasteiger partial charge is 0.311 e. The van der Waals surface area contributed by atoms with Crippen LogP contribution in [0.5, 0.6) is 0 Å². The van der Waals surface area contributed by atoms with Crippen molar-refractivity contribution < 1.29 is 0 Å². The van der Waals surface area contributed by atoms with Crippen LogP contribution in [0.2, 0.25) is 6.55 Å². The zero-order chi connectivity index (χ0) is 11.2. The molecule has 0 saturated heterocycles. The number of hydrogen-bond donors (Lipinski definition) is 0. The molecule has 0 radical (unpaired) electrons. The third-order valence-electron chi connectivity index (χ3n) is 3.14. The number of rotatable bonds is 7. The summed E-state index contributed by atoms with van der Waals surface area (Å²) in [6, 6.07) is 0. The summed E-state index contributed by atoms with van der Waals surface area (Å²) in [6.07, 6.45) is 0. The molecule has 0 spiro atoms. The molecule has 0 aliphatic carbocycles. The molecule has 0 bridgehead atoms. The van der Waals surface area contributed by atoms with Gasteiger partial charge in [0.2, 0.25) is 8.40 Å². The molecule has 0 aromatic heterocycles. The van der Waals surface area contributed by atoms with Crippen LogP contribution in [0, 0.1) is 0 Å². The van der Waals surface area contributed by atoms with E-state index in [1.165, 1.54) is 0 Å². The maximum Gasteiger partial charge on any atom is 0.218 e. The van der Waals surface area contributed by atoms with E-state index in [1.807, 2.05) is 0 Å². The van der Waals surface area contributed by atoms with Gasteiger partial charge >= 0.3 is 0 Å². The Balaban J connectivity index is 4.72. The van der Waals surface area contributed by atoms with Gasteiger partial charge in [0.1, 0.15) is 0 Å². The SMILES string of the molecule is CCN(CC)[Si](C)(CCl)N(CC)CC. The smallest absolute Gasteiger partial charge is 0.218 e. The Kier molecular flexibility index (Phi) is 7.04. The molecular formula is C10H25ClN2Si. The predicted octanol–water partition coefficient (Wildman–Crippen LogP) is 2.52. The van der Waals surface area contributed by atoms with Crippen LogP contribution >= 0.6 is 11.6 Å². The fourth-order valence-corrected chi connectivity index (χ4v) is 6.66. The van der Waals surface area contributed by atoms with Gasteiger partial charge in [-0.2, -0.15) is 0 Å². The van der Waals surface area contributed by atoms with Crippen molar-refractivity contribution in [2.24, 2.45) is 0 Å². The summed E-state index contributed by atoms with van der Waals surface area (Å²) >= 11 is 6.19. The van der Waals surface area contributed by atoms with E-state index in [0.717, 1.165) is 31.7 Å². The topological polar surface area (TPSA) is 6.48 Å². The van der Waals surface area contributed by atoms with E-state index >= 15 is 0 Å². The second-order valence-corrected chi connectivity index (χ2v) is 8.46. The first kappa shape index (κ1) is 14.4. The molecule has 0 N–H and O–H groups in total. The fraction of sp³-hybridized carbons (Fsp3) is 1.00. The predicted molar refractivity (Wildman–Crippen MR) is 68.2 cm³/mol. The lowest BCUT2D eigenvalue weighted by molar-refractivity contribution is 0.360. The van der Waals surface area contributed by atoms with Crippen molar-refractivity contribution in [2.45, 2.75) is 34.2 Å². The van der Waals surface area contributed by atoms with E-state index in [9.17, 15) is 0 Å². The normalized spacial score (nSPS) is 12.9. The molecule has 0 aromatic carbocycles. The lowest BCUT2D eigenvalue weighted by Crippen LogP contribution is -2.65. The lowest BCUT2D eigenvalue weighted by Gasteiger charge is -2.44. The highest BCUT2D eigenvalue weighted by Crippen LogP contribution is 2.16. The van der Waals surface area contributed by atoms with Crippen molar-refractivity contribution in [3.8, 4) is 0 Å². The molecule has 0 aromatic rings. The van der Waals surface area contributed by atoms with Gasteiger partial charge in [-0.05, 0) is 32.7 Å². The molecule has 2 nitrogen and oxygen atoms in total. The number of nitrogens with zero attached hydrogens (tertiary/aromatic N) is 2. The van der Waals surface area contributed by atoms with Crippen LogP contribution in [0.25, 0.3) is 0 Å². The van der Waals surface area contributed by atoms with E-state index in [-0.39, 0.29) is 0 Å². The van der Waals surface area contributed by atoms with E-state index in [1.54, 1.807) is 0 Å². The molecule has 0 amide bonds. The standard InChI is InChI=1S/C10H25ClN2Si/c1-6-12(7-2)14(5,10-11)13(8-3)9-4/h6-10H2,1-5H3. The van der Waals surface area contributed by atoms with E-state index < -0.39 is 8.40 Å². The van der Waals surface area contributed by atoms with Crippen molar-refractivity contribution in [3.05, 3.63) is 0 Å². The third kappa shape index (κ3) is 2.96. The van der Waals surface area contributed by atoms with Crippen molar-refractivity contribution in [2.75, 3.05) is 31.7 Å². The highest BCUT2D eigenvalue weighted by Gasteiger charge is 2.37. The first-order valence-electron chi connectivity index (χ1n) is 5.66. The molecule has 0 fully saturated rings. The van der Waals surface area contributed by atoms with Crippen LogP contribution < -0.4 is 0 Å². The minimum absolute atomic E-state index is 0.802. The lowest BCUT2D eigenvalue weighted by atomic mass is 10.7. The Labute approximate surface area is 95.4 Å². The maximum atomic E-state index is 6.19. The van der Waals surface area contributed by atoms with Crippen LogP contribution in [0.1, 0.15) is 27.7 Å². The molecule has 14 heavy (non-hydrogen) atoms. The van der Waals surface area contributed by atoms with Crippen molar-refractivity contribution in [1.29, 1.82) is 0 Å². The van der Waals surface area contributed by atoms with Gasteiger partial charge in [0.25, 0.3) is 0 Å². The zero-order valence-electron chi connectivity index (χ0n) is 10.3. The zero-order valence-corrected chi connectivity index (χ0v) is 12.1. The van der Waals surface area contributed by atoms with Gasteiger partial charge in [-0.25, -0.2) is 0 Å². The highest BCUT2D eigenvalue weighted by molar-refractivity contribution is 6.79. The van der Waals surface area contributed by atoms with E-state index in [4.69, 9.17) is 11.6 Å². The number of halogens is 1. The molecule has 0 heterocycles. The molecule has 86 valence electrons. The Bertz CT molecular complexity index is 135. The Morgan fingerprint density at radius 2 is 1.14 bits per heavy atom. The number of alkyl halides is 1. The number of hydrogen-bond acceptors (Lipinski definition) is 2. The molecule has 0 unspecified atom stereocenters. The second kappa shape index (κ2) is 6.83. The molecule has 0 saturated carbocycles. The van der Waals surface area contributed by atoms with Gasteiger partial charge < -0.3 is 9.13 Å². The Morgan fingerprint density at radius 3 is 1.29 bits per heavy atom. The monoisotopic (exact) mass is 236 g/mol. The summed E-state index contributed by atoms with van der Waals surface area (Å²) in [5, 5.41) is 0.